The van der Waals surface area contributed by atoms with Crippen molar-refractivity contribution in [2.24, 2.45) is 0 Å². The van der Waals surface area contributed by atoms with E-state index in [0.717, 1.165) is 24.4 Å². The molecule has 1 fully saturated rings. The molecule has 1 aliphatic rings. The predicted molar refractivity (Wildman–Crippen MR) is 140 cm³/mol. The van der Waals surface area contributed by atoms with Crippen molar-refractivity contribution < 1.29 is 19.4 Å². The van der Waals surface area contributed by atoms with Crippen molar-refractivity contribution >= 4 is 30.7 Å². The zero-order valence-corrected chi connectivity index (χ0v) is 22.1. The summed E-state index contributed by atoms with van der Waals surface area (Å²) in [6, 6.07) is 8.71. The maximum absolute atomic E-state index is 13.7. The number of ketones is 1. The van der Waals surface area contributed by atoms with Crippen molar-refractivity contribution in [3.05, 3.63) is 53.5 Å². The number of hydrogen-bond donors (Lipinski definition) is 2. The third-order valence-electron chi connectivity index (χ3n) is 6.43. The van der Waals surface area contributed by atoms with Gasteiger partial charge in [0.25, 0.3) is 0 Å². The van der Waals surface area contributed by atoms with Crippen molar-refractivity contribution in [3.63, 3.8) is 0 Å². The highest BCUT2D eigenvalue weighted by Gasteiger charge is 2.26. The van der Waals surface area contributed by atoms with Crippen LogP contribution in [0.2, 0.25) is 25.7 Å². The molecule has 8 nitrogen and oxygen atoms in total. The number of aliphatic hydroxyl groups excluding tert-OH is 1. The molecule has 1 saturated heterocycles. The van der Waals surface area contributed by atoms with Gasteiger partial charge in [0.15, 0.2) is 5.78 Å². The lowest BCUT2D eigenvalue weighted by molar-refractivity contribution is -0.0224. The fraction of sp³-hybridized carbons (Fsp3) is 0.500. The van der Waals surface area contributed by atoms with Crippen molar-refractivity contribution in [1.82, 2.24) is 14.5 Å². The Morgan fingerprint density at radius 2 is 2.03 bits per heavy atom. The molecule has 0 saturated carbocycles. The first-order valence-electron chi connectivity index (χ1n) is 12.3. The quantitative estimate of drug-likeness (QED) is 0.246. The van der Waals surface area contributed by atoms with Crippen molar-refractivity contribution in [2.75, 3.05) is 25.1 Å². The first-order chi connectivity index (χ1) is 16.8. The highest BCUT2D eigenvalue weighted by molar-refractivity contribution is 6.76. The van der Waals surface area contributed by atoms with Crippen molar-refractivity contribution in [2.45, 2.75) is 64.3 Å². The molecule has 2 atom stereocenters. The van der Waals surface area contributed by atoms with Gasteiger partial charge in [-0.1, -0.05) is 43.9 Å². The molecule has 1 unspecified atom stereocenters. The lowest BCUT2D eigenvalue weighted by Gasteiger charge is -2.29. The summed E-state index contributed by atoms with van der Waals surface area (Å²) in [5.41, 5.74) is 2.80. The summed E-state index contributed by atoms with van der Waals surface area (Å²) in [7, 11) is -1.21. The number of anilines is 1. The average molecular weight is 497 g/mol. The van der Waals surface area contributed by atoms with E-state index in [2.05, 4.69) is 34.9 Å². The van der Waals surface area contributed by atoms with E-state index in [1.807, 2.05) is 42.0 Å². The summed E-state index contributed by atoms with van der Waals surface area (Å²) in [6.07, 6.45) is 4.85. The summed E-state index contributed by atoms with van der Waals surface area (Å²) >= 11 is 0. The zero-order valence-electron chi connectivity index (χ0n) is 21.1. The molecule has 188 valence electrons. The van der Waals surface area contributed by atoms with Crippen molar-refractivity contribution in [1.29, 1.82) is 0 Å². The Hall–Kier alpha value is -2.59. The van der Waals surface area contributed by atoms with Crippen LogP contribution >= 0.6 is 0 Å². The number of aromatic nitrogens is 3. The van der Waals surface area contributed by atoms with Gasteiger partial charge in [0, 0.05) is 26.4 Å². The number of carbonyl (C=O) groups excluding carboxylic acids is 1. The number of nitrogens with one attached hydrogen (secondary N) is 1. The van der Waals surface area contributed by atoms with Gasteiger partial charge in [0.1, 0.15) is 24.5 Å². The van der Waals surface area contributed by atoms with E-state index >= 15 is 0 Å². The van der Waals surface area contributed by atoms with Crippen LogP contribution in [0.1, 0.15) is 34.3 Å². The summed E-state index contributed by atoms with van der Waals surface area (Å²) < 4.78 is 13.6. The molecule has 4 rings (SSSR count). The van der Waals surface area contributed by atoms with E-state index in [1.165, 1.54) is 6.33 Å². The Kier molecular flexibility index (Phi) is 8.01. The normalized spacial score (nSPS) is 18.7. The number of benzene rings is 1. The largest absolute Gasteiger partial charge is 0.394 e. The molecule has 3 heterocycles. The fourth-order valence-electron chi connectivity index (χ4n) is 4.27. The second-order valence-corrected chi connectivity index (χ2v) is 16.1. The minimum Gasteiger partial charge on any atom is -0.394 e. The van der Waals surface area contributed by atoms with Crippen LogP contribution in [0.25, 0.3) is 11.0 Å². The SMILES string of the molecule is Cc1ccccc1C(=O)c1cn(COCC[Si](C)(C)C)c2ncnc(NC3CC[C@@H](CO)OC3)c12. The summed E-state index contributed by atoms with van der Waals surface area (Å²) in [5.74, 6) is 0.552. The number of ether oxygens (including phenoxy) is 2. The number of carbonyl (C=O) groups is 1. The standard InChI is InChI=1S/C26H36N4O4Si/c1-18-7-5-6-8-21(18)24(32)22-13-30(17-33-11-12-35(2,3)4)26-23(22)25(27-16-28-26)29-19-9-10-20(14-31)34-15-19/h5-8,13,16,19-20,31H,9-12,14-15,17H2,1-4H3,(H,27,28,29)/t19?,20-/m0/s1. The van der Waals surface area contributed by atoms with Crippen LogP contribution in [0.3, 0.4) is 0 Å². The molecule has 0 aliphatic carbocycles. The van der Waals surface area contributed by atoms with E-state index in [0.29, 0.717) is 47.9 Å². The van der Waals surface area contributed by atoms with Crippen LogP contribution in [0.5, 0.6) is 0 Å². The number of fused-ring (bicyclic) bond motifs is 1. The topological polar surface area (TPSA) is 98.5 Å². The van der Waals surface area contributed by atoms with E-state index in [1.54, 1.807) is 0 Å². The van der Waals surface area contributed by atoms with Crippen LogP contribution < -0.4 is 5.32 Å². The monoisotopic (exact) mass is 496 g/mol. The van der Waals surface area contributed by atoms with Gasteiger partial charge in [0.05, 0.1) is 36.3 Å². The molecule has 2 N–H and O–H groups in total. The predicted octanol–water partition coefficient (Wildman–Crippen LogP) is 4.23. The third-order valence-corrected chi connectivity index (χ3v) is 8.13. The minimum absolute atomic E-state index is 0.0279. The van der Waals surface area contributed by atoms with Crippen LogP contribution in [-0.4, -0.2) is 65.5 Å². The molecule has 0 amide bonds. The Morgan fingerprint density at radius 1 is 1.23 bits per heavy atom. The van der Waals surface area contributed by atoms with Gasteiger partial charge >= 0.3 is 0 Å². The van der Waals surface area contributed by atoms with Crippen LogP contribution in [0, 0.1) is 6.92 Å². The molecule has 35 heavy (non-hydrogen) atoms. The smallest absolute Gasteiger partial charge is 0.195 e. The van der Waals surface area contributed by atoms with Gasteiger partial charge in [-0.05, 0) is 31.4 Å². The van der Waals surface area contributed by atoms with Gasteiger partial charge in [-0.15, -0.1) is 0 Å². The summed E-state index contributed by atoms with van der Waals surface area (Å²) in [5, 5.41) is 13.5. The van der Waals surface area contributed by atoms with Gasteiger partial charge in [-0.25, -0.2) is 9.97 Å². The molecule has 3 aromatic rings. The first kappa shape index (κ1) is 25.5. The van der Waals surface area contributed by atoms with Gasteiger partial charge in [-0.3, -0.25) is 4.79 Å². The third kappa shape index (κ3) is 6.16. The highest BCUT2D eigenvalue weighted by atomic mass is 28.3. The maximum atomic E-state index is 13.7. The molecule has 2 aromatic heterocycles. The van der Waals surface area contributed by atoms with E-state index in [9.17, 15) is 9.90 Å². The number of aliphatic hydroxyl groups is 1. The second kappa shape index (κ2) is 11.0. The Labute approximate surface area is 207 Å². The average Bonchev–Trinajstić information content (AvgIpc) is 3.21. The number of aryl methyl sites for hydroxylation is 1. The van der Waals surface area contributed by atoms with Crippen LogP contribution in [0.15, 0.2) is 36.8 Å². The van der Waals surface area contributed by atoms with Gasteiger partial charge in [-0.2, -0.15) is 0 Å². The van der Waals surface area contributed by atoms with Gasteiger partial charge in [0.2, 0.25) is 0 Å². The van der Waals surface area contributed by atoms with E-state index in [4.69, 9.17) is 9.47 Å². The van der Waals surface area contributed by atoms with E-state index in [-0.39, 0.29) is 24.5 Å². The molecule has 9 heteroatoms. The van der Waals surface area contributed by atoms with Gasteiger partial charge < -0.3 is 24.5 Å². The molecule has 0 spiro atoms. The molecule has 0 radical (unpaired) electrons. The summed E-state index contributed by atoms with van der Waals surface area (Å²) in [6.45, 7) is 10.4. The van der Waals surface area contributed by atoms with E-state index < -0.39 is 8.07 Å². The minimum atomic E-state index is -1.21. The molecular weight excluding hydrogens is 460 g/mol. The molecule has 1 aliphatic heterocycles. The summed E-state index contributed by atoms with van der Waals surface area (Å²) in [4.78, 5) is 22.7. The molecular formula is C26H36N4O4Si. The maximum Gasteiger partial charge on any atom is 0.195 e. The number of hydrogen-bond acceptors (Lipinski definition) is 7. The van der Waals surface area contributed by atoms with Crippen LogP contribution in [-0.2, 0) is 16.2 Å². The Bertz CT molecular complexity index is 1170. The number of rotatable bonds is 10. The lowest BCUT2D eigenvalue weighted by Crippen LogP contribution is -2.36. The molecule has 1 aromatic carbocycles. The zero-order chi connectivity index (χ0) is 25.0. The molecule has 0 bridgehead atoms. The Morgan fingerprint density at radius 3 is 2.71 bits per heavy atom. The first-order valence-corrected chi connectivity index (χ1v) is 16.0. The number of nitrogens with zero attached hydrogens (tertiary/aromatic N) is 3. The van der Waals surface area contributed by atoms with Crippen LogP contribution in [0.4, 0.5) is 5.82 Å². The fourth-order valence-corrected chi connectivity index (χ4v) is 5.03. The second-order valence-electron chi connectivity index (χ2n) is 10.5. The lowest BCUT2D eigenvalue weighted by atomic mass is 9.99. The highest BCUT2D eigenvalue weighted by Crippen LogP contribution is 2.30. The van der Waals surface area contributed by atoms with Crippen molar-refractivity contribution in [3.8, 4) is 0 Å². The Balaban J connectivity index is 1.67.